The highest BCUT2D eigenvalue weighted by molar-refractivity contribution is 7.06. The first-order chi connectivity index (χ1) is 20.9. The lowest BCUT2D eigenvalue weighted by atomic mass is 9.87. The quantitative estimate of drug-likeness (QED) is 0.184. The average molecular weight is 575 g/mol. The Kier molecular flexibility index (Phi) is 6.83. The van der Waals surface area contributed by atoms with Gasteiger partial charge in [-0.25, -0.2) is 0 Å². The predicted molar refractivity (Wildman–Crippen MR) is 184 cm³/mol. The Bertz CT molecular complexity index is 1800. The maximum absolute atomic E-state index is 6.28. The van der Waals surface area contributed by atoms with Gasteiger partial charge in [0.2, 0.25) is 0 Å². The molecule has 1 heterocycles. The van der Waals surface area contributed by atoms with Crippen molar-refractivity contribution in [1.82, 2.24) is 0 Å². The minimum absolute atomic E-state index is 0.0667. The van der Waals surface area contributed by atoms with Crippen LogP contribution >= 0.6 is 0 Å². The fraction of sp³-hybridized carbons (Fsp3) is 0.171. The van der Waals surface area contributed by atoms with E-state index in [2.05, 4.69) is 161 Å². The van der Waals surface area contributed by atoms with Gasteiger partial charge in [0, 0.05) is 16.7 Å². The molecule has 1 aromatic heterocycles. The van der Waals surface area contributed by atoms with Crippen LogP contribution < -0.4 is 10.4 Å². The van der Waals surface area contributed by atoms with Crippen molar-refractivity contribution in [1.29, 1.82) is 0 Å². The van der Waals surface area contributed by atoms with E-state index in [1.165, 1.54) is 49.3 Å². The molecule has 5 aromatic rings. The maximum atomic E-state index is 6.28. The van der Waals surface area contributed by atoms with Gasteiger partial charge in [-0.3, -0.25) is 0 Å². The number of allylic oxidation sites excluding steroid dienone is 5. The van der Waals surface area contributed by atoms with Crippen molar-refractivity contribution in [2.45, 2.75) is 38.8 Å². The average Bonchev–Trinajstić information content (AvgIpc) is 3.79. The molecule has 43 heavy (non-hydrogen) atoms. The fourth-order valence-corrected chi connectivity index (χ4v) is 13.8. The molecule has 2 heteroatoms. The van der Waals surface area contributed by atoms with Gasteiger partial charge in [0.1, 0.15) is 13.8 Å². The van der Waals surface area contributed by atoms with Crippen LogP contribution in [0.3, 0.4) is 0 Å². The molecule has 1 nitrogen and oxygen atoms in total. The second-order valence-electron chi connectivity index (χ2n) is 13.0. The summed E-state index contributed by atoms with van der Waals surface area (Å²) in [5, 5.41) is 2.90. The summed E-state index contributed by atoms with van der Waals surface area (Å²) in [5.74, 6) is 0.962. The monoisotopic (exact) mass is 574 g/mol. The Labute approximate surface area is 256 Å². The molecule has 0 radical (unpaired) electrons. The topological polar surface area (TPSA) is 13.1 Å². The van der Waals surface area contributed by atoms with Crippen molar-refractivity contribution in [3.63, 3.8) is 0 Å². The third-order valence-corrected chi connectivity index (χ3v) is 15.2. The van der Waals surface area contributed by atoms with Crippen molar-refractivity contribution in [2.75, 3.05) is 0 Å². The lowest BCUT2D eigenvalue weighted by Crippen LogP contribution is -2.65. The Morgan fingerprint density at radius 2 is 1.28 bits per heavy atom. The van der Waals surface area contributed by atoms with E-state index in [1.807, 2.05) is 12.3 Å². The maximum Gasteiger partial charge on any atom is 0.140 e. The van der Waals surface area contributed by atoms with Gasteiger partial charge >= 0.3 is 0 Å². The van der Waals surface area contributed by atoms with E-state index in [4.69, 9.17) is 4.42 Å². The Morgan fingerprint density at radius 3 is 1.84 bits per heavy atom. The van der Waals surface area contributed by atoms with Gasteiger partial charge in [0.25, 0.3) is 0 Å². The van der Waals surface area contributed by atoms with Crippen LogP contribution in [0.15, 0.2) is 155 Å². The smallest absolute Gasteiger partial charge is 0.140 e. The molecule has 0 N–H and O–H groups in total. The third-order valence-electron chi connectivity index (χ3n) is 9.49. The number of hydrogen-bond donors (Lipinski definition) is 0. The van der Waals surface area contributed by atoms with Gasteiger partial charge in [-0.1, -0.05) is 158 Å². The van der Waals surface area contributed by atoms with E-state index in [0.717, 1.165) is 5.76 Å². The summed E-state index contributed by atoms with van der Waals surface area (Å²) in [6, 6.07) is 44.7. The molecule has 2 atom stereocenters. The zero-order chi connectivity index (χ0) is 29.6. The molecule has 0 fully saturated rings. The lowest BCUT2D eigenvalue weighted by molar-refractivity contribution is 0.517. The minimum Gasteiger partial charge on any atom is -0.465 e. The van der Waals surface area contributed by atoms with Gasteiger partial charge < -0.3 is 4.42 Å². The van der Waals surface area contributed by atoms with Crippen molar-refractivity contribution in [3.8, 4) is 11.1 Å². The summed E-state index contributed by atoms with van der Waals surface area (Å²) in [7, 11) is -2.73. The molecule has 7 rings (SSSR count). The number of fused-ring (bicyclic) bond motifs is 1. The minimum atomic E-state index is -2.73. The van der Waals surface area contributed by atoms with Gasteiger partial charge in [-0.2, -0.15) is 0 Å². The molecular formula is C41H38OSi. The van der Waals surface area contributed by atoms with E-state index in [-0.39, 0.29) is 16.5 Å². The highest BCUT2D eigenvalue weighted by atomic mass is 28.3. The molecule has 0 spiro atoms. The molecule has 2 aliphatic rings. The summed E-state index contributed by atoms with van der Waals surface area (Å²) in [6.45, 7) is 9.37. The number of hydrogen-bond acceptors (Lipinski definition) is 1. The third kappa shape index (κ3) is 4.53. The SMILES string of the molecule is CC1=CC(C(C)(C)C)=CC1[Si](c1ccccc1)(c1ccccc1)C1C(c2ccco2)=Cc2c(-c3ccccc3)cccc21. The summed E-state index contributed by atoms with van der Waals surface area (Å²) >= 11 is 0. The van der Waals surface area contributed by atoms with Gasteiger partial charge in [-0.15, -0.1) is 0 Å². The highest BCUT2D eigenvalue weighted by Gasteiger charge is 2.55. The van der Waals surface area contributed by atoms with Crippen LogP contribution in [-0.2, 0) is 0 Å². The van der Waals surface area contributed by atoms with Crippen molar-refractivity contribution in [3.05, 3.63) is 168 Å². The van der Waals surface area contributed by atoms with Crippen molar-refractivity contribution < 1.29 is 4.42 Å². The van der Waals surface area contributed by atoms with E-state index in [1.54, 1.807) is 0 Å². The number of rotatable bonds is 6. The zero-order valence-electron chi connectivity index (χ0n) is 25.4. The van der Waals surface area contributed by atoms with E-state index in [0.29, 0.717) is 0 Å². The first-order valence-corrected chi connectivity index (χ1v) is 17.5. The molecule has 2 aliphatic carbocycles. The second-order valence-corrected chi connectivity index (χ2v) is 17.1. The summed E-state index contributed by atoms with van der Waals surface area (Å²) in [4.78, 5) is 0. The molecule has 4 aromatic carbocycles. The summed E-state index contributed by atoms with van der Waals surface area (Å²) < 4.78 is 6.28. The molecule has 0 aliphatic heterocycles. The van der Waals surface area contributed by atoms with E-state index < -0.39 is 8.07 Å². The van der Waals surface area contributed by atoms with Gasteiger partial charge in [0.15, 0.2) is 0 Å². The van der Waals surface area contributed by atoms with Gasteiger partial charge in [-0.05, 0) is 58.4 Å². The molecule has 0 amide bonds. The van der Waals surface area contributed by atoms with Crippen LogP contribution in [0.25, 0.3) is 22.8 Å². The molecule has 0 saturated carbocycles. The fourth-order valence-electron chi connectivity index (χ4n) is 7.54. The molecule has 2 unspecified atom stereocenters. The molecule has 0 saturated heterocycles. The highest BCUT2D eigenvalue weighted by Crippen LogP contribution is 2.55. The molecule has 0 bridgehead atoms. The van der Waals surface area contributed by atoms with E-state index in [9.17, 15) is 0 Å². The normalized spacial score (nSPS) is 18.2. The summed E-state index contributed by atoms with van der Waals surface area (Å²) in [6.07, 6.45) is 9.36. The van der Waals surface area contributed by atoms with Crippen LogP contribution in [0.5, 0.6) is 0 Å². The number of furan rings is 1. The van der Waals surface area contributed by atoms with Gasteiger partial charge in [0.05, 0.1) is 6.26 Å². The molecular weight excluding hydrogens is 537 g/mol. The van der Waals surface area contributed by atoms with Crippen LogP contribution in [0.1, 0.15) is 50.1 Å². The number of benzene rings is 4. The Hall–Kier alpha value is -4.40. The van der Waals surface area contributed by atoms with Crippen LogP contribution in [0.2, 0.25) is 5.54 Å². The van der Waals surface area contributed by atoms with Crippen molar-refractivity contribution in [2.24, 2.45) is 5.41 Å². The summed E-state index contributed by atoms with van der Waals surface area (Å²) in [5.41, 5.74) is 9.89. The van der Waals surface area contributed by atoms with Crippen molar-refractivity contribution >= 4 is 30.1 Å². The Balaban J connectivity index is 1.60. The Morgan fingerprint density at radius 1 is 0.651 bits per heavy atom. The lowest BCUT2D eigenvalue weighted by Gasteiger charge is -2.44. The first kappa shape index (κ1) is 27.4. The largest absolute Gasteiger partial charge is 0.465 e. The standard InChI is InChI=1S/C41H38OSi/c1-29-26-31(41(2,3)4)27-39(29)43(32-18-10-6-11-19-32,33-20-12-7-13-21-33)40-35-23-14-22-34(30-16-8-5-9-17-30)36(35)28-37(40)38-24-15-25-42-38/h5-28,39-40H,1-4H3. The first-order valence-electron chi connectivity index (χ1n) is 15.3. The predicted octanol–water partition coefficient (Wildman–Crippen LogP) is 9.69. The van der Waals surface area contributed by atoms with Crippen LogP contribution in [-0.4, -0.2) is 8.07 Å². The second kappa shape index (κ2) is 10.7. The van der Waals surface area contributed by atoms with Crippen LogP contribution in [0.4, 0.5) is 0 Å². The van der Waals surface area contributed by atoms with E-state index >= 15 is 0 Å². The zero-order valence-corrected chi connectivity index (χ0v) is 26.4. The van der Waals surface area contributed by atoms with Crippen LogP contribution in [0, 0.1) is 5.41 Å². The molecule has 212 valence electrons.